The van der Waals surface area contributed by atoms with Gasteiger partial charge in [0.25, 0.3) is 5.91 Å². The minimum Gasteiger partial charge on any atom is -0.388 e. The molecule has 20 heavy (non-hydrogen) atoms. The zero-order valence-corrected chi connectivity index (χ0v) is 11.8. The molecule has 0 radical (unpaired) electrons. The summed E-state index contributed by atoms with van der Waals surface area (Å²) in [5, 5.41) is 13.8. The summed E-state index contributed by atoms with van der Waals surface area (Å²) in [5.41, 5.74) is -0.752. The highest BCUT2D eigenvalue weighted by Gasteiger charge is 2.31. The van der Waals surface area contributed by atoms with Gasteiger partial charge in [0.2, 0.25) is 0 Å². The Hall–Kier alpha value is -1.46. The average molecular weight is 293 g/mol. The lowest BCUT2D eigenvalue weighted by Gasteiger charge is -2.21. The standard InChI is InChI=1S/C15H16FNO2S/c16-11-4-3-10-7-13(20-12(10)8-11)14(18)17-9-15(19)5-1-2-6-15/h3-4,7-8,19H,1-2,5-6,9H2,(H,17,18). The van der Waals surface area contributed by atoms with Crippen molar-refractivity contribution < 1.29 is 14.3 Å². The molecule has 1 saturated carbocycles. The van der Waals surface area contributed by atoms with Crippen LogP contribution in [-0.4, -0.2) is 23.2 Å². The zero-order valence-electron chi connectivity index (χ0n) is 11.0. The number of halogens is 1. The number of aliphatic hydroxyl groups is 1. The molecule has 0 unspecified atom stereocenters. The minimum atomic E-state index is -0.752. The van der Waals surface area contributed by atoms with Crippen LogP contribution in [0.1, 0.15) is 35.4 Å². The first-order valence-electron chi connectivity index (χ1n) is 6.75. The van der Waals surface area contributed by atoms with Gasteiger partial charge in [-0.15, -0.1) is 11.3 Å². The van der Waals surface area contributed by atoms with E-state index in [9.17, 15) is 14.3 Å². The van der Waals surface area contributed by atoms with Crippen LogP contribution in [0.25, 0.3) is 10.1 Å². The second kappa shape index (κ2) is 5.14. The van der Waals surface area contributed by atoms with Gasteiger partial charge in [-0.2, -0.15) is 0 Å². The van der Waals surface area contributed by atoms with Crippen molar-refractivity contribution >= 4 is 27.3 Å². The highest BCUT2D eigenvalue weighted by atomic mass is 32.1. The fourth-order valence-electron chi connectivity index (χ4n) is 2.66. The Balaban J connectivity index is 1.72. The molecule has 0 saturated heterocycles. The fourth-order valence-corrected chi connectivity index (χ4v) is 3.66. The van der Waals surface area contributed by atoms with Crippen LogP contribution in [0, 0.1) is 5.82 Å². The van der Waals surface area contributed by atoms with Gasteiger partial charge >= 0.3 is 0 Å². The molecular weight excluding hydrogens is 277 g/mol. The molecule has 5 heteroatoms. The molecule has 3 rings (SSSR count). The molecule has 1 aliphatic carbocycles. The lowest BCUT2D eigenvalue weighted by atomic mass is 10.0. The monoisotopic (exact) mass is 293 g/mol. The van der Waals surface area contributed by atoms with Gasteiger partial charge in [0.05, 0.1) is 10.5 Å². The SMILES string of the molecule is O=C(NCC1(O)CCCC1)c1cc2ccc(F)cc2s1. The molecular formula is C15H16FNO2S. The van der Waals surface area contributed by atoms with Crippen molar-refractivity contribution in [3.8, 4) is 0 Å². The number of hydrogen-bond donors (Lipinski definition) is 2. The normalized spacial score (nSPS) is 17.5. The van der Waals surface area contributed by atoms with Crippen LogP contribution in [-0.2, 0) is 0 Å². The number of fused-ring (bicyclic) bond motifs is 1. The predicted molar refractivity (Wildman–Crippen MR) is 77.5 cm³/mol. The van der Waals surface area contributed by atoms with E-state index in [1.807, 2.05) is 0 Å². The summed E-state index contributed by atoms with van der Waals surface area (Å²) in [6.07, 6.45) is 3.50. The number of amides is 1. The van der Waals surface area contributed by atoms with E-state index in [0.29, 0.717) is 4.88 Å². The summed E-state index contributed by atoms with van der Waals surface area (Å²) >= 11 is 1.27. The summed E-state index contributed by atoms with van der Waals surface area (Å²) in [5.74, 6) is -0.501. The maximum absolute atomic E-state index is 13.1. The van der Waals surface area contributed by atoms with Crippen molar-refractivity contribution in [2.45, 2.75) is 31.3 Å². The van der Waals surface area contributed by atoms with E-state index in [4.69, 9.17) is 0 Å². The van der Waals surface area contributed by atoms with Crippen molar-refractivity contribution in [1.29, 1.82) is 0 Å². The van der Waals surface area contributed by atoms with Crippen LogP contribution < -0.4 is 5.32 Å². The summed E-state index contributed by atoms with van der Waals surface area (Å²) in [6.45, 7) is 0.286. The van der Waals surface area contributed by atoms with Crippen LogP contribution in [0.4, 0.5) is 4.39 Å². The van der Waals surface area contributed by atoms with Gasteiger partial charge in [0, 0.05) is 11.2 Å². The highest BCUT2D eigenvalue weighted by molar-refractivity contribution is 7.20. The molecule has 3 nitrogen and oxygen atoms in total. The summed E-state index contributed by atoms with van der Waals surface area (Å²) in [4.78, 5) is 12.6. The molecule has 1 fully saturated rings. The Morgan fingerprint density at radius 2 is 2.10 bits per heavy atom. The van der Waals surface area contributed by atoms with Gasteiger partial charge in [-0.05, 0) is 36.4 Å². The van der Waals surface area contributed by atoms with Gasteiger partial charge in [-0.25, -0.2) is 4.39 Å². The Kier molecular flexibility index (Phi) is 3.48. The van der Waals surface area contributed by atoms with Crippen LogP contribution in [0.5, 0.6) is 0 Å². The van der Waals surface area contributed by atoms with Crippen LogP contribution >= 0.6 is 11.3 Å². The van der Waals surface area contributed by atoms with Crippen molar-refractivity contribution in [3.63, 3.8) is 0 Å². The second-order valence-corrected chi connectivity index (χ2v) is 6.49. The van der Waals surface area contributed by atoms with Gasteiger partial charge in [0.1, 0.15) is 5.82 Å². The number of thiophene rings is 1. The predicted octanol–water partition coefficient (Wildman–Crippen LogP) is 3.08. The maximum Gasteiger partial charge on any atom is 0.261 e. The molecule has 2 N–H and O–H groups in total. The van der Waals surface area contributed by atoms with E-state index >= 15 is 0 Å². The lowest BCUT2D eigenvalue weighted by Crippen LogP contribution is -2.40. The van der Waals surface area contributed by atoms with Crippen molar-refractivity contribution in [2.75, 3.05) is 6.54 Å². The first-order valence-corrected chi connectivity index (χ1v) is 7.57. The molecule has 1 amide bonds. The molecule has 1 aromatic carbocycles. The maximum atomic E-state index is 13.1. The molecule has 0 aliphatic heterocycles. The molecule has 0 atom stereocenters. The lowest BCUT2D eigenvalue weighted by molar-refractivity contribution is 0.0450. The number of carbonyl (C=O) groups excluding carboxylic acids is 1. The number of hydrogen-bond acceptors (Lipinski definition) is 3. The third-order valence-corrected chi connectivity index (χ3v) is 4.91. The van der Waals surface area contributed by atoms with E-state index in [2.05, 4.69) is 5.32 Å². The van der Waals surface area contributed by atoms with E-state index < -0.39 is 5.60 Å². The molecule has 1 aliphatic rings. The van der Waals surface area contributed by atoms with Crippen LogP contribution in [0.15, 0.2) is 24.3 Å². The number of nitrogens with one attached hydrogen (secondary N) is 1. The Labute approximate surface area is 120 Å². The van der Waals surface area contributed by atoms with E-state index in [1.54, 1.807) is 12.1 Å². The fraction of sp³-hybridized carbons (Fsp3) is 0.400. The number of carbonyl (C=O) groups is 1. The first-order chi connectivity index (χ1) is 9.56. The average Bonchev–Trinajstić information content (AvgIpc) is 3.02. The highest BCUT2D eigenvalue weighted by Crippen LogP contribution is 2.29. The Morgan fingerprint density at radius 3 is 2.85 bits per heavy atom. The molecule has 1 aromatic heterocycles. The Morgan fingerprint density at radius 1 is 1.35 bits per heavy atom. The first kappa shape index (κ1) is 13.5. The summed E-state index contributed by atoms with van der Waals surface area (Å²) < 4.78 is 13.9. The number of benzene rings is 1. The number of rotatable bonds is 3. The molecule has 1 heterocycles. The van der Waals surface area contributed by atoms with Crippen LogP contribution in [0.3, 0.4) is 0 Å². The van der Waals surface area contributed by atoms with Gasteiger partial charge < -0.3 is 10.4 Å². The third kappa shape index (κ3) is 2.69. The third-order valence-electron chi connectivity index (χ3n) is 3.82. The van der Waals surface area contributed by atoms with E-state index in [0.717, 1.165) is 35.8 Å². The van der Waals surface area contributed by atoms with E-state index in [1.165, 1.54) is 23.5 Å². The topological polar surface area (TPSA) is 49.3 Å². The largest absolute Gasteiger partial charge is 0.388 e. The summed E-state index contributed by atoms with van der Waals surface area (Å²) in [6, 6.07) is 6.25. The van der Waals surface area contributed by atoms with Gasteiger partial charge in [-0.1, -0.05) is 18.9 Å². The van der Waals surface area contributed by atoms with E-state index in [-0.39, 0.29) is 18.3 Å². The zero-order chi connectivity index (χ0) is 14.2. The molecule has 0 spiro atoms. The molecule has 106 valence electrons. The van der Waals surface area contributed by atoms with Gasteiger partial charge in [-0.3, -0.25) is 4.79 Å². The van der Waals surface area contributed by atoms with Crippen molar-refractivity contribution in [3.05, 3.63) is 35.0 Å². The smallest absolute Gasteiger partial charge is 0.261 e. The summed E-state index contributed by atoms with van der Waals surface area (Å²) in [7, 11) is 0. The molecule has 0 bridgehead atoms. The molecule has 2 aromatic rings. The second-order valence-electron chi connectivity index (χ2n) is 5.41. The quantitative estimate of drug-likeness (QED) is 0.913. The van der Waals surface area contributed by atoms with Crippen LogP contribution in [0.2, 0.25) is 0 Å². The Bertz CT molecular complexity index is 646. The van der Waals surface area contributed by atoms with Crippen molar-refractivity contribution in [2.24, 2.45) is 0 Å². The van der Waals surface area contributed by atoms with Gasteiger partial charge in [0.15, 0.2) is 0 Å². The minimum absolute atomic E-state index is 0.202. The van der Waals surface area contributed by atoms with Crippen molar-refractivity contribution in [1.82, 2.24) is 5.32 Å².